The number of amides is 3. The SMILES string of the molecule is COCCOCCOCC(=O)N1CCN(Cc2cc(Cl)c(C(=O)Nc3ccc(Cl)cc3C(=O)Nc3ccc(Cl)cc3)s2)CC1. The highest BCUT2D eigenvalue weighted by Gasteiger charge is 2.24. The third-order valence-electron chi connectivity index (χ3n) is 6.65. The van der Waals surface area contributed by atoms with Crippen molar-refractivity contribution < 1.29 is 28.6 Å². The number of rotatable bonds is 14. The van der Waals surface area contributed by atoms with E-state index < -0.39 is 11.8 Å². The van der Waals surface area contributed by atoms with Crippen molar-refractivity contribution in [1.29, 1.82) is 0 Å². The van der Waals surface area contributed by atoms with Gasteiger partial charge >= 0.3 is 0 Å². The number of anilines is 2. The second-order valence-electron chi connectivity index (χ2n) is 9.81. The van der Waals surface area contributed by atoms with Gasteiger partial charge in [0.25, 0.3) is 11.8 Å². The number of carbonyl (C=O) groups is 3. The van der Waals surface area contributed by atoms with Gasteiger partial charge in [0.15, 0.2) is 0 Å². The van der Waals surface area contributed by atoms with Crippen molar-refractivity contribution in [2.45, 2.75) is 6.54 Å². The van der Waals surface area contributed by atoms with Crippen LogP contribution in [0, 0.1) is 0 Å². The quantitative estimate of drug-likeness (QED) is 0.215. The maximum atomic E-state index is 13.2. The van der Waals surface area contributed by atoms with Crippen molar-refractivity contribution in [3.8, 4) is 0 Å². The van der Waals surface area contributed by atoms with Crippen molar-refractivity contribution in [2.75, 3.05) is 77.0 Å². The van der Waals surface area contributed by atoms with Crippen molar-refractivity contribution >= 4 is 75.2 Å². The van der Waals surface area contributed by atoms with Crippen molar-refractivity contribution in [3.63, 3.8) is 0 Å². The van der Waals surface area contributed by atoms with Crippen LogP contribution in [0.1, 0.15) is 24.9 Å². The Kier molecular flexibility index (Phi) is 13.3. The number of hydrogen-bond acceptors (Lipinski definition) is 8. The largest absolute Gasteiger partial charge is 0.382 e. The lowest BCUT2D eigenvalue weighted by Gasteiger charge is -2.34. The minimum atomic E-state index is -0.445. The van der Waals surface area contributed by atoms with Crippen molar-refractivity contribution in [1.82, 2.24) is 9.80 Å². The summed E-state index contributed by atoms with van der Waals surface area (Å²) in [6, 6.07) is 13.1. The van der Waals surface area contributed by atoms with E-state index in [-0.39, 0.29) is 18.1 Å². The van der Waals surface area contributed by atoms with Gasteiger partial charge in [0.2, 0.25) is 5.91 Å². The minimum absolute atomic E-state index is 0.0186. The molecule has 3 aromatic rings. The maximum absolute atomic E-state index is 13.2. The lowest BCUT2D eigenvalue weighted by molar-refractivity contribution is -0.138. The van der Waals surface area contributed by atoms with Gasteiger partial charge in [0, 0.05) is 60.4 Å². The smallest absolute Gasteiger partial charge is 0.267 e. The Bertz CT molecular complexity index is 1430. The van der Waals surface area contributed by atoms with Crippen LogP contribution in [-0.4, -0.2) is 93.8 Å². The second kappa shape index (κ2) is 17.1. The van der Waals surface area contributed by atoms with E-state index in [2.05, 4.69) is 15.5 Å². The van der Waals surface area contributed by atoms with Gasteiger partial charge in [0.05, 0.1) is 42.7 Å². The fourth-order valence-corrected chi connectivity index (χ4v) is 6.04. The van der Waals surface area contributed by atoms with Gasteiger partial charge in [0.1, 0.15) is 11.5 Å². The maximum Gasteiger partial charge on any atom is 0.267 e. The molecule has 10 nitrogen and oxygen atoms in total. The fraction of sp³-hybridized carbons (Fsp3) is 0.367. The zero-order chi connectivity index (χ0) is 31.5. The third-order valence-corrected chi connectivity index (χ3v) is 8.67. The molecule has 4 rings (SSSR count). The monoisotopic (exact) mass is 682 g/mol. The first-order valence-electron chi connectivity index (χ1n) is 13.8. The molecule has 0 unspecified atom stereocenters. The van der Waals surface area contributed by atoms with Crippen LogP contribution in [0.25, 0.3) is 0 Å². The van der Waals surface area contributed by atoms with Gasteiger partial charge in [-0.1, -0.05) is 34.8 Å². The fourth-order valence-electron chi connectivity index (χ4n) is 4.36. The molecule has 0 aliphatic carbocycles. The molecule has 236 valence electrons. The average molecular weight is 684 g/mol. The topological polar surface area (TPSA) is 109 Å². The number of thiophene rings is 1. The highest BCUT2D eigenvalue weighted by atomic mass is 35.5. The molecule has 3 amide bonds. The normalized spacial score (nSPS) is 13.6. The van der Waals surface area contributed by atoms with Gasteiger partial charge in [-0.2, -0.15) is 0 Å². The predicted molar refractivity (Wildman–Crippen MR) is 174 cm³/mol. The molecule has 1 aliphatic heterocycles. The summed E-state index contributed by atoms with van der Waals surface area (Å²) in [5.74, 6) is -0.934. The molecule has 0 spiro atoms. The Morgan fingerprint density at radius 3 is 2.23 bits per heavy atom. The summed E-state index contributed by atoms with van der Waals surface area (Å²) >= 11 is 19.9. The molecule has 0 atom stereocenters. The summed E-state index contributed by atoms with van der Waals surface area (Å²) in [5.41, 5.74) is 1.03. The standard InChI is InChI=1S/C30H33Cl3N4O6S/c1-41-12-13-42-14-15-43-19-27(38)37-10-8-36(9-11-37)18-23-17-25(33)28(44-23)30(40)35-26-7-4-21(32)16-24(26)29(39)34-22-5-2-20(31)3-6-22/h2-7,16-17H,8-15,18-19H2,1H3,(H,34,39)(H,35,40). The van der Waals surface area contributed by atoms with Crippen molar-refractivity contribution in [2.24, 2.45) is 0 Å². The minimum Gasteiger partial charge on any atom is -0.382 e. The first-order valence-corrected chi connectivity index (χ1v) is 15.8. The van der Waals surface area contributed by atoms with Gasteiger partial charge in [-0.05, 0) is 48.5 Å². The number of methoxy groups -OCH3 is 1. The van der Waals surface area contributed by atoms with Crippen LogP contribution in [-0.2, 0) is 25.5 Å². The molecule has 0 saturated carbocycles. The Labute approximate surface area is 275 Å². The number of nitrogens with zero attached hydrogens (tertiary/aromatic N) is 2. The van der Waals surface area contributed by atoms with Crippen LogP contribution >= 0.6 is 46.1 Å². The summed E-state index contributed by atoms with van der Waals surface area (Å²) in [4.78, 5) is 44.0. The van der Waals surface area contributed by atoms with Gasteiger partial charge in [-0.15, -0.1) is 11.3 Å². The number of benzene rings is 2. The van der Waals surface area contributed by atoms with Crippen LogP contribution in [0.5, 0.6) is 0 Å². The number of piperazine rings is 1. The molecule has 14 heteroatoms. The van der Waals surface area contributed by atoms with Crippen LogP contribution in [0.2, 0.25) is 15.1 Å². The first-order chi connectivity index (χ1) is 21.2. The Balaban J connectivity index is 1.28. The molecule has 2 aromatic carbocycles. The Hall–Kier alpha value is -2.74. The third kappa shape index (κ3) is 10.1. The van der Waals surface area contributed by atoms with E-state index in [1.807, 2.05) is 0 Å². The van der Waals surface area contributed by atoms with Crippen LogP contribution < -0.4 is 10.6 Å². The highest BCUT2D eigenvalue weighted by molar-refractivity contribution is 7.14. The van der Waals surface area contributed by atoms with E-state index in [9.17, 15) is 14.4 Å². The van der Waals surface area contributed by atoms with E-state index in [4.69, 9.17) is 49.0 Å². The molecule has 0 radical (unpaired) electrons. The number of halogens is 3. The zero-order valence-electron chi connectivity index (χ0n) is 24.1. The van der Waals surface area contributed by atoms with Gasteiger partial charge in [-0.3, -0.25) is 19.3 Å². The molecular formula is C30H33Cl3N4O6S. The lowest BCUT2D eigenvalue weighted by Crippen LogP contribution is -2.49. The Morgan fingerprint density at radius 1 is 0.818 bits per heavy atom. The highest BCUT2D eigenvalue weighted by Crippen LogP contribution is 2.30. The summed E-state index contributed by atoms with van der Waals surface area (Å²) in [5, 5.41) is 6.79. The van der Waals surface area contributed by atoms with Crippen LogP contribution in [0.3, 0.4) is 0 Å². The van der Waals surface area contributed by atoms with Crippen LogP contribution in [0.4, 0.5) is 11.4 Å². The molecular weight excluding hydrogens is 651 g/mol. The first kappa shape index (κ1) is 34.1. The molecule has 44 heavy (non-hydrogen) atoms. The number of nitrogens with one attached hydrogen (secondary N) is 2. The van der Waals surface area contributed by atoms with E-state index in [1.165, 1.54) is 17.4 Å². The second-order valence-corrected chi connectivity index (χ2v) is 12.2. The summed E-state index contributed by atoms with van der Waals surface area (Å²) in [6.07, 6.45) is 0. The Morgan fingerprint density at radius 2 is 1.50 bits per heavy atom. The van der Waals surface area contributed by atoms with Crippen LogP contribution in [0.15, 0.2) is 48.5 Å². The molecule has 2 heterocycles. The van der Waals surface area contributed by atoms with Crippen molar-refractivity contribution in [3.05, 3.63) is 78.9 Å². The van der Waals surface area contributed by atoms with E-state index in [0.717, 1.165) is 4.88 Å². The average Bonchev–Trinajstić information content (AvgIpc) is 3.38. The molecule has 1 aromatic heterocycles. The number of ether oxygens (including phenoxy) is 3. The van der Waals surface area contributed by atoms with E-state index in [1.54, 1.807) is 54.5 Å². The molecule has 2 N–H and O–H groups in total. The molecule has 1 aliphatic rings. The van der Waals surface area contributed by atoms with Gasteiger partial charge < -0.3 is 29.7 Å². The molecule has 1 fully saturated rings. The zero-order valence-corrected chi connectivity index (χ0v) is 27.2. The summed E-state index contributed by atoms with van der Waals surface area (Å²) in [7, 11) is 1.61. The predicted octanol–water partition coefficient (Wildman–Crippen LogP) is 5.54. The molecule has 1 saturated heterocycles. The van der Waals surface area contributed by atoms with E-state index in [0.29, 0.717) is 90.5 Å². The number of carbonyl (C=O) groups excluding carboxylic acids is 3. The summed E-state index contributed by atoms with van der Waals surface area (Å²) < 4.78 is 15.7. The lowest BCUT2D eigenvalue weighted by atomic mass is 10.1. The number of hydrogen-bond donors (Lipinski definition) is 2. The van der Waals surface area contributed by atoms with Gasteiger partial charge in [-0.25, -0.2) is 0 Å². The van der Waals surface area contributed by atoms with E-state index >= 15 is 0 Å². The summed E-state index contributed by atoms with van der Waals surface area (Å²) in [6.45, 7) is 4.90. The molecule has 0 bridgehead atoms.